The number of aromatic nitrogens is 3. The number of nitrogens with zero attached hydrogens (tertiary/aromatic N) is 3. The first kappa shape index (κ1) is 25.9. The van der Waals surface area contributed by atoms with Crippen LogP contribution in [0, 0.1) is 0 Å². The third-order valence-corrected chi connectivity index (χ3v) is 9.28. The van der Waals surface area contributed by atoms with Gasteiger partial charge in [0.1, 0.15) is 11.2 Å². The van der Waals surface area contributed by atoms with Gasteiger partial charge in [-0.15, -0.1) is 0 Å². The molecule has 47 heavy (non-hydrogen) atoms. The molecule has 0 amide bonds. The van der Waals surface area contributed by atoms with Gasteiger partial charge in [0.2, 0.25) is 0 Å². The molecule has 4 heteroatoms. The molecule has 0 fully saturated rings. The van der Waals surface area contributed by atoms with E-state index in [0.717, 1.165) is 54.8 Å². The molecule has 2 aromatic heterocycles. The van der Waals surface area contributed by atoms with Gasteiger partial charge in [-0.25, -0.2) is 15.0 Å². The zero-order valence-corrected chi connectivity index (χ0v) is 25.2. The number of fused-ring (bicyclic) bond motifs is 9. The fourth-order valence-electron chi connectivity index (χ4n) is 7.08. The van der Waals surface area contributed by atoms with Crippen molar-refractivity contribution in [2.45, 2.75) is 0 Å². The maximum atomic E-state index is 6.39. The SMILES string of the molecule is c1ccc(-c2nc(-c3ccc4c(ccc5c6ccccc6ccc45)c3)nc(-c3c4ccccc4cc4oc5ccccc5c34)n2)cc1. The van der Waals surface area contributed by atoms with Gasteiger partial charge >= 0.3 is 0 Å². The maximum Gasteiger partial charge on any atom is 0.165 e. The summed E-state index contributed by atoms with van der Waals surface area (Å²) in [7, 11) is 0. The summed E-state index contributed by atoms with van der Waals surface area (Å²) in [6, 6.07) is 52.8. The topological polar surface area (TPSA) is 51.8 Å². The van der Waals surface area contributed by atoms with Crippen molar-refractivity contribution in [1.82, 2.24) is 15.0 Å². The van der Waals surface area contributed by atoms with Crippen LogP contribution in [0.2, 0.25) is 0 Å². The highest BCUT2D eigenvalue weighted by molar-refractivity contribution is 6.20. The molecule has 0 bridgehead atoms. The van der Waals surface area contributed by atoms with Gasteiger partial charge in [0.05, 0.1) is 0 Å². The molecule has 0 aliphatic rings. The smallest absolute Gasteiger partial charge is 0.165 e. The minimum atomic E-state index is 0.618. The van der Waals surface area contributed by atoms with Crippen molar-refractivity contribution in [3.8, 4) is 34.2 Å². The fourth-order valence-corrected chi connectivity index (χ4v) is 7.08. The highest BCUT2D eigenvalue weighted by Crippen LogP contribution is 2.41. The van der Waals surface area contributed by atoms with Gasteiger partial charge < -0.3 is 4.42 Å². The van der Waals surface area contributed by atoms with Gasteiger partial charge in [-0.05, 0) is 61.3 Å². The lowest BCUT2D eigenvalue weighted by molar-refractivity contribution is 0.669. The maximum absolute atomic E-state index is 6.39. The Morgan fingerprint density at radius 2 is 0.915 bits per heavy atom. The monoisotopic (exact) mass is 599 g/mol. The van der Waals surface area contributed by atoms with Crippen LogP contribution in [0.3, 0.4) is 0 Å². The van der Waals surface area contributed by atoms with Crippen molar-refractivity contribution < 1.29 is 4.42 Å². The molecule has 0 N–H and O–H groups in total. The highest BCUT2D eigenvalue weighted by Gasteiger charge is 2.21. The van der Waals surface area contributed by atoms with E-state index >= 15 is 0 Å². The van der Waals surface area contributed by atoms with Gasteiger partial charge in [0.15, 0.2) is 17.5 Å². The van der Waals surface area contributed by atoms with E-state index in [1.54, 1.807) is 0 Å². The second kappa shape index (κ2) is 10.1. The van der Waals surface area contributed by atoms with Crippen molar-refractivity contribution in [3.05, 3.63) is 152 Å². The summed E-state index contributed by atoms with van der Waals surface area (Å²) in [5.74, 6) is 1.88. The standard InChI is InChI=1S/C43H25N3O/c1-2-11-27(12-3-1)41-44-42(30-20-21-32-29(24-30)19-23-34-31-14-6-4-10-26(31)18-22-35(32)34)46-43(45-41)40-33-15-7-5-13-28(33)25-38-39(40)36-16-8-9-17-37(36)47-38/h1-25H. The summed E-state index contributed by atoms with van der Waals surface area (Å²) in [6.45, 7) is 0. The van der Waals surface area contributed by atoms with Crippen molar-refractivity contribution in [2.75, 3.05) is 0 Å². The Balaban J connectivity index is 1.25. The minimum absolute atomic E-state index is 0.618. The summed E-state index contributed by atoms with van der Waals surface area (Å²) in [5.41, 5.74) is 4.47. The Morgan fingerprint density at radius 3 is 1.74 bits per heavy atom. The molecule has 4 nitrogen and oxygen atoms in total. The van der Waals surface area contributed by atoms with Crippen LogP contribution >= 0.6 is 0 Å². The Bertz CT molecular complexity index is 2850. The van der Waals surface area contributed by atoms with Crippen molar-refractivity contribution in [3.63, 3.8) is 0 Å². The molecule has 10 rings (SSSR count). The molecule has 218 valence electrons. The van der Waals surface area contributed by atoms with Crippen LogP contribution in [0.4, 0.5) is 0 Å². The van der Waals surface area contributed by atoms with E-state index in [-0.39, 0.29) is 0 Å². The van der Waals surface area contributed by atoms with E-state index in [4.69, 9.17) is 19.4 Å². The Morgan fingerprint density at radius 1 is 0.340 bits per heavy atom. The lowest BCUT2D eigenvalue weighted by Crippen LogP contribution is -2.01. The van der Waals surface area contributed by atoms with Crippen LogP contribution in [0.25, 0.3) is 99.2 Å². The van der Waals surface area contributed by atoms with E-state index in [2.05, 4.69) is 103 Å². The van der Waals surface area contributed by atoms with Gasteiger partial charge in [-0.1, -0.05) is 133 Å². The third kappa shape index (κ3) is 4.05. The summed E-state index contributed by atoms with van der Waals surface area (Å²) in [4.78, 5) is 15.5. The third-order valence-electron chi connectivity index (χ3n) is 9.28. The molecule has 0 radical (unpaired) electrons. The average Bonchev–Trinajstić information content (AvgIpc) is 3.51. The van der Waals surface area contributed by atoms with Gasteiger partial charge in [-0.3, -0.25) is 0 Å². The van der Waals surface area contributed by atoms with Crippen LogP contribution in [-0.2, 0) is 0 Å². The molecule has 0 spiro atoms. The number of para-hydroxylation sites is 1. The summed E-state index contributed by atoms with van der Waals surface area (Å²) in [5, 5.41) is 11.5. The molecule has 0 saturated carbocycles. The first-order valence-electron chi connectivity index (χ1n) is 15.8. The van der Waals surface area contributed by atoms with Crippen molar-refractivity contribution in [2.24, 2.45) is 0 Å². The molecule has 0 aliphatic heterocycles. The molecule has 10 aromatic rings. The van der Waals surface area contributed by atoms with E-state index in [1.165, 1.54) is 26.9 Å². The first-order chi connectivity index (χ1) is 23.3. The fraction of sp³-hybridized carbons (Fsp3) is 0. The van der Waals surface area contributed by atoms with E-state index in [9.17, 15) is 0 Å². The van der Waals surface area contributed by atoms with Crippen LogP contribution in [0.1, 0.15) is 0 Å². The van der Waals surface area contributed by atoms with E-state index in [1.807, 2.05) is 48.5 Å². The predicted molar refractivity (Wildman–Crippen MR) is 193 cm³/mol. The van der Waals surface area contributed by atoms with Crippen LogP contribution in [0.5, 0.6) is 0 Å². The summed E-state index contributed by atoms with van der Waals surface area (Å²) >= 11 is 0. The summed E-state index contributed by atoms with van der Waals surface area (Å²) < 4.78 is 6.39. The molecule has 0 atom stereocenters. The Hall–Kier alpha value is -6.39. The Labute approximate surface area is 269 Å². The molecular formula is C43H25N3O. The second-order valence-electron chi connectivity index (χ2n) is 12.0. The molecule has 0 unspecified atom stereocenters. The van der Waals surface area contributed by atoms with Crippen LogP contribution in [0.15, 0.2) is 156 Å². The number of rotatable bonds is 3. The Kier molecular flexibility index (Phi) is 5.54. The van der Waals surface area contributed by atoms with Gasteiger partial charge in [-0.2, -0.15) is 0 Å². The van der Waals surface area contributed by atoms with Gasteiger partial charge in [0, 0.05) is 27.5 Å². The van der Waals surface area contributed by atoms with Crippen molar-refractivity contribution >= 4 is 65.0 Å². The average molecular weight is 600 g/mol. The van der Waals surface area contributed by atoms with Crippen molar-refractivity contribution in [1.29, 1.82) is 0 Å². The number of hydrogen-bond acceptors (Lipinski definition) is 4. The normalized spacial score (nSPS) is 11.8. The summed E-state index contributed by atoms with van der Waals surface area (Å²) in [6.07, 6.45) is 0. The van der Waals surface area contributed by atoms with Crippen LogP contribution in [-0.4, -0.2) is 15.0 Å². The quantitative estimate of drug-likeness (QED) is 0.190. The molecular weight excluding hydrogens is 574 g/mol. The first-order valence-corrected chi connectivity index (χ1v) is 15.8. The lowest BCUT2D eigenvalue weighted by atomic mass is 9.96. The largest absolute Gasteiger partial charge is 0.456 e. The lowest BCUT2D eigenvalue weighted by Gasteiger charge is -2.12. The molecule has 0 saturated heterocycles. The van der Waals surface area contributed by atoms with E-state index < -0.39 is 0 Å². The van der Waals surface area contributed by atoms with Gasteiger partial charge in [0.25, 0.3) is 0 Å². The van der Waals surface area contributed by atoms with E-state index in [0.29, 0.717) is 17.5 Å². The molecule has 0 aliphatic carbocycles. The number of benzene rings is 8. The predicted octanol–water partition coefficient (Wildman–Crippen LogP) is 11.4. The van der Waals surface area contributed by atoms with Crippen LogP contribution < -0.4 is 0 Å². The second-order valence-corrected chi connectivity index (χ2v) is 12.0. The number of furan rings is 1. The minimum Gasteiger partial charge on any atom is -0.456 e. The number of hydrogen-bond donors (Lipinski definition) is 0. The molecule has 8 aromatic carbocycles. The zero-order chi connectivity index (χ0) is 30.9. The molecule has 2 heterocycles. The zero-order valence-electron chi connectivity index (χ0n) is 25.2. The highest BCUT2D eigenvalue weighted by atomic mass is 16.3.